The second kappa shape index (κ2) is 8.55. The van der Waals surface area contributed by atoms with Crippen LogP contribution in [0.25, 0.3) is 0 Å². The van der Waals surface area contributed by atoms with Crippen molar-refractivity contribution in [3.05, 3.63) is 24.3 Å². The summed E-state index contributed by atoms with van der Waals surface area (Å²) >= 11 is 0. The summed E-state index contributed by atoms with van der Waals surface area (Å²) in [5, 5.41) is 0. The van der Waals surface area contributed by atoms with Gasteiger partial charge < -0.3 is 14.4 Å². The molecule has 118 valence electrons. The Morgan fingerprint density at radius 1 is 1.19 bits per heavy atom. The standard InChI is InChI=1S/C17H27NO3/c1-6-18(7-2)14-10-9-11-15(12-14)21-16(13(4)5)17(19)20-8-3/h9-13,16H,6-8H2,1-5H3. The molecule has 1 rings (SSSR count). The SMILES string of the molecule is CCOC(=O)C(Oc1cccc(N(CC)CC)c1)C(C)C. The number of hydrogen-bond donors (Lipinski definition) is 0. The van der Waals surface area contributed by atoms with E-state index < -0.39 is 6.10 Å². The molecule has 0 fully saturated rings. The Morgan fingerprint density at radius 3 is 2.38 bits per heavy atom. The van der Waals surface area contributed by atoms with Gasteiger partial charge in [-0.2, -0.15) is 0 Å². The van der Waals surface area contributed by atoms with Crippen LogP contribution in [0.4, 0.5) is 5.69 Å². The number of rotatable bonds is 8. The molecule has 0 bridgehead atoms. The van der Waals surface area contributed by atoms with Crippen molar-refractivity contribution in [2.45, 2.75) is 40.7 Å². The summed E-state index contributed by atoms with van der Waals surface area (Å²) < 4.78 is 11.0. The minimum absolute atomic E-state index is 0.0566. The van der Waals surface area contributed by atoms with E-state index >= 15 is 0 Å². The maximum Gasteiger partial charge on any atom is 0.347 e. The zero-order valence-corrected chi connectivity index (χ0v) is 13.8. The Labute approximate surface area is 128 Å². The molecule has 21 heavy (non-hydrogen) atoms. The maximum atomic E-state index is 12.0. The van der Waals surface area contributed by atoms with Gasteiger partial charge in [0.1, 0.15) is 5.75 Å². The monoisotopic (exact) mass is 293 g/mol. The average Bonchev–Trinajstić information content (AvgIpc) is 2.46. The van der Waals surface area contributed by atoms with Gasteiger partial charge in [0.25, 0.3) is 0 Å². The Kier molecular flexibility index (Phi) is 7.06. The van der Waals surface area contributed by atoms with E-state index in [1.165, 1.54) is 0 Å². The number of benzene rings is 1. The number of hydrogen-bond acceptors (Lipinski definition) is 4. The topological polar surface area (TPSA) is 38.8 Å². The van der Waals surface area contributed by atoms with Crippen LogP contribution in [0.15, 0.2) is 24.3 Å². The lowest BCUT2D eigenvalue weighted by molar-refractivity contribution is -0.153. The molecule has 1 atom stereocenters. The molecule has 4 heteroatoms. The van der Waals surface area contributed by atoms with Gasteiger partial charge in [-0.15, -0.1) is 0 Å². The van der Waals surface area contributed by atoms with Crippen LogP contribution in [-0.4, -0.2) is 31.8 Å². The van der Waals surface area contributed by atoms with Crippen LogP contribution in [0, 0.1) is 5.92 Å². The van der Waals surface area contributed by atoms with Crippen molar-refractivity contribution in [3.8, 4) is 5.75 Å². The van der Waals surface area contributed by atoms with Crippen molar-refractivity contribution < 1.29 is 14.3 Å². The van der Waals surface area contributed by atoms with Crippen LogP contribution in [0.1, 0.15) is 34.6 Å². The minimum atomic E-state index is -0.572. The van der Waals surface area contributed by atoms with Gasteiger partial charge >= 0.3 is 5.97 Å². The van der Waals surface area contributed by atoms with Crippen molar-refractivity contribution in [1.29, 1.82) is 0 Å². The molecule has 0 saturated heterocycles. The Morgan fingerprint density at radius 2 is 1.86 bits per heavy atom. The molecule has 0 aromatic heterocycles. The van der Waals surface area contributed by atoms with Gasteiger partial charge in [0.05, 0.1) is 6.61 Å². The molecule has 0 N–H and O–H groups in total. The first-order valence-electron chi connectivity index (χ1n) is 7.71. The molecule has 0 spiro atoms. The van der Waals surface area contributed by atoms with Crippen LogP contribution in [0.2, 0.25) is 0 Å². The molecule has 0 aliphatic carbocycles. The summed E-state index contributed by atoms with van der Waals surface area (Å²) in [4.78, 5) is 14.2. The van der Waals surface area contributed by atoms with E-state index in [1.54, 1.807) is 6.92 Å². The van der Waals surface area contributed by atoms with Crippen LogP contribution < -0.4 is 9.64 Å². The third kappa shape index (κ3) is 4.96. The Bertz CT molecular complexity index is 441. The summed E-state index contributed by atoms with van der Waals surface area (Å²) in [5.41, 5.74) is 1.10. The van der Waals surface area contributed by atoms with Crippen molar-refractivity contribution in [2.75, 3.05) is 24.6 Å². The van der Waals surface area contributed by atoms with Crippen LogP contribution in [0.3, 0.4) is 0 Å². The zero-order chi connectivity index (χ0) is 15.8. The van der Waals surface area contributed by atoms with E-state index in [-0.39, 0.29) is 11.9 Å². The molecule has 0 radical (unpaired) electrons. The third-order valence-corrected chi connectivity index (χ3v) is 3.33. The minimum Gasteiger partial charge on any atom is -0.478 e. The van der Waals surface area contributed by atoms with Gasteiger partial charge in [0, 0.05) is 30.8 Å². The van der Waals surface area contributed by atoms with Crippen molar-refractivity contribution in [1.82, 2.24) is 0 Å². The normalized spacial score (nSPS) is 12.1. The van der Waals surface area contributed by atoms with Crippen LogP contribution in [0.5, 0.6) is 5.75 Å². The van der Waals surface area contributed by atoms with E-state index in [1.807, 2.05) is 32.0 Å². The fraction of sp³-hybridized carbons (Fsp3) is 0.588. The first-order valence-corrected chi connectivity index (χ1v) is 7.71. The molecule has 0 heterocycles. The third-order valence-electron chi connectivity index (χ3n) is 3.33. The predicted molar refractivity (Wildman–Crippen MR) is 85.9 cm³/mol. The predicted octanol–water partition coefficient (Wildman–Crippen LogP) is 3.50. The molecular weight excluding hydrogens is 266 g/mol. The van der Waals surface area contributed by atoms with Gasteiger partial charge in [-0.1, -0.05) is 19.9 Å². The molecule has 0 aliphatic heterocycles. The first kappa shape index (κ1) is 17.3. The number of anilines is 1. The molecule has 0 amide bonds. The van der Waals surface area contributed by atoms with Crippen molar-refractivity contribution in [2.24, 2.45) is 5.92 Å². The number of ether oxygens (including phenoxy) is 2. The summed E-state index contributed by atoms with van der Waals surface area (Å²) in [6, 6.07) is 7.85. The van der Waals surface area contributed by atoms with E-state index in [0.29, 0.717) is 12.4 Å². The second-order valence-corrected chi connectivity index (χ2v) is 5.20. The van der Waals surface area contributed by atoms with Gasteiger partial charge in [0.15, 0.2) is 6.10 Å². The van der Waals surface area contributed by atoms with Gasteiger partial charge in [-0.3, -0.25) is 0 Å². The highest BCUT2D eigenvalue weighted by molar-refractivity contribution is 5.75. The molecule has 1 unspecified atom stereocenters. The molecule has 1 aromatic carbocycles. The van der Waals surface area contributed by atoms with Crippen molar-refractivity contribution in [3.63, 3.8) is 0 Å². The highest BCUT2D eigenvalue weighted by atomic mass is 16.6. The molecular formula is C17H27NO3. The number of carbonyl (C=O) groups excluding carboxylic acids is 1. The lowest BCUT2D eigenvalue weighted by Crippen LogP contribution is -2.34. The zero-order valence-electron chi connectivity index (χ0n) is 13.8. The number of esters is 1. The van der Waals surface area contributed by atoms with Crippen LogP contribution >= 0.6 is 0 Å². The first-order chi connectivity index (χ1) is 10.0. The fourth-order valence-corrected chi connectivity index (χ4v) is 2.17. The van der Waals surface area contributed by atoms with E-state index in [9.17, 15) is 4.79 Å². The van der Waals surface area contributed by atoms with Crippen LogP contribution in [-0.2, 0) is 9.53 Å². The number of nitrogens with zero attached hydrogens (tertiary/aromatic N) is 1. The average molecular weight is 293 g/mol. The Hall–Kier alpha value is -1.71. The summed E-state index contributed by atoms with van der Waals surface area (Å²) in [6.45, 7) is 12.2. The van der Waals surface area contributed by atoms with Gasteiger partial charge in [0.2, 0.25) is 0 Å². The van der Waals surface area contributed by atoms with Gasteiger partial charge in [-0.05, 0) is 32.9 Å². The van der Waals surface area contributed by atoms with E-state index in [0.717, 1.165) is 18.8 Å². The lowest BCUT2D eigenvalue weighted by Gasteiger charge is -2.24. The smallest absolute Gasteiger partial charge is 0.347 e. The van der Waals surface area contributed by atoms with Crippen molar-refractivity contribution >= 4 is 11.7 Å². The Balaban J connectivity index is 2.89. The molecule has 1 aromatic rings. The molecule has 0 saturated carbocycles. The fourth-order valence-electron chi connectivity index (χ4n) is 2.17. The highest BCUT2D eigenvalue weighted by Crippen LogP contribution is 2.23. The largest absolute Gasteiger partial charge is 0.478 e. The summed E-state index contributed by atoms with van der Waals surface area (Å²) in [5.74, 6) is 0.452. The quantitative estimate of drug-likeness (QED) is 0.688. The van der Waals surface area contributed by atoms with Gasteiger partial charge in [-0.25, -0.2) is 4.79 Å². The van der Waals surface area contributed by atoms with E-state index in [2.05, 4.69) is 24.8 Å². The maximum absolute atomic E-state index is 12.0. The summed E-state index contributed by atoms with van der Waals surface area (Å²) in [6.07, 6.45) is -0.572. The molecule has 4 nitrogen and oxygen atoms in total. The van der Waals surface area contributed by atoms with E-state index in [4.69, 9.17) is 9.47 Å². The highest BCUT2D eigenvalue weighted by Gasteiger charge is 2.25. The lowest BCUT2D eigenvalue weighted by atomic mass is 10.1. The summed E-state index contributed by atoms with van der Waals surface area (Å²) in [7, 11) is 0. The second-order valence-electron chi connectivity index (χ2n) is 5.20. The number of carbonyl (C=O) groups is 1. The molecule has 0 aliphatic rings.